The standard InChI is InChI=1S/C16H25N3O/c1-18(2)12-6-7-19(10-12)15-8-11-4-5-13(20-3)9-14(11)16(15)17/h4-5,9,12,15-16H,6-8,10,17H2,1-3H3. The van der Waals surface area contributed by atoms with Crippen LogP contribution in [0.2, 0.25) is 0 Å². The average Bonchev–Trinajstić information content (AvgIpc) is 3.04. The maximum Gasteiger partial charge on any atom is 0.119 e. The molecule has 2 N–H and O–H groups in total. The second-order valence-electron chi connectivity index (χ2n) is 6.26. The summed E-state index contributed by atoms with van der Waals surface area (Å²) in [5.74, 6) is 0.910. The highest BCUT2D eigenvalue weighted by molar-refractivity contribution is 5.42. The van der Waals surface area contributed by atoms with Crippen molar-refractivity contribution in [1.29, 1.82) is 0 Å². The van der Waals surface area contributed by atoms with Crippen molar-refractivity contribution in [1.82, 2.24) is 9.80 Å². The summed E-state index contributed by atoms with van der Waals surface area (Å²) in [6.07, 6.45) is 2.32. The summed E-state index contributed by atoms with van der Waals surface area (Å²) in [5.41, 5.74) is 9.16. The average molecular weight is 275 g/mol. The Morgan fingerprint density at radius 1 is 1.35 bits per heavy atom. The minimum atomic E-state index is 0.112. The summed E-state index contributed by atoms with van der Waals surface area (Å²) in [5, 5.41) is 0. The van der Waals surface area contributed by atoms with E-state index in [0.29, 0.717) is 12.1 Å². The van der Waals surface area contributed by atoms with Gasteiger partial charge in [0.2, 0.25) is 0 Å². The third-order valence-electron chi connectivity index (χ3n) is 4.95. The number of methoxy groups -OCH3 is 1. The van der Waals surface area contributed by atoms with Crippen molar-refractivity contribution in [3.8, 4) is 5.75 Å². The molecule has 3 atom stereocenters. The van der Waals surface area contributed by atoms with Crippen LogP contribution in [0.15, 0.2) is 18.2 Å². The summed E-state index contributed by atoms with van der Waals surface area (Å²) in [7, 11) is 6.05. The molecule has 1 saturated heterocycles. The van der Waals surface area contributed by atoms with Gasteiger partial charge in [0.15, 0.2) is 0 Å². The number of ether oxygens (including phenoxy) is 1. The van der Waals surface area contributed by atoms with Crippen molar-refractivity contribution in [2.45, 2.75) is 31.0 Å². The second kappa shape index (κ2) is 5.35. The largest absolute Gasteiger partial charge is 0.497 e. The van der Waals surface area contributed by atoms with Crippen LogP contribution in [-0.2, 0) is 6.42 Å². The Morgan fingerprint density at radius 3 is 2.80 bits per heavy atom. The Bertz CT molecular complexity index is 489. The molecule has 2 aliphatic rings. The number of likely N-dealkylation sites (tertiary alicyclic amines) is 1. The lowest BCUT2D eigenvalue weighted by atomic mass is 10.1. The van der Waals surface area contributed by atoms with E-state index < -0.39 is 0 Å². The third-order valence-corrected chi connectivity index (χ3v) is 4.95. The van der Waals surface area contributed by atoms with E-state index in [1.165, 1.54) is 17.5 Å². The van der Waals surface area contributed by atoms with Crippen LogP contribution in [0, 0.1) is 0 Å². The van der Waals surface area contributed by atoms with Gasteiger partial charge in [0.05, 0.1) is 7.11 Å². The minimum Gasteiger partial charge on any atom is -0.497 e. The van der Waals surface area contributed by atoms with Gasteiger partial charge in [-0.25, -0.2) is 0 Å². The van der Waals surface area contributed by atoms with Crippen molar-refractivity contribution < 1.29 is 4.74 Å². The van der Waals surface area contributed by atoms with Gasteiger partial charge in [-0.2, -0.15) is 0 Å². The molecule has 1 heterocycles. The highest BCUT2D eigenvalue weighted by Crippen LogP contribution is 2.36. The van der Waals surface area contributed by atoms with Crippen molar-refractivity contribution in [3.63, 3.8) is 0 Å². The lowest BCUT2D eigenvalue weighted by molar-refractivity contribution is 0.200. The normalized spacial score (nSPS) is 29.9. The van der Waals surface area contributed by atoms with E-state index >= 15 is 0 Å². The summed E-state index contributed by atoms with van der Waals surface area (Å²) < 4.78 is 5.32. The molecule has 1 aromatic rings. The zero-order valence-electron chi connectivity index (χ0n) is 12.7. The highest BCUT2D eigenvalue weighted by atomic mass is 16.5. The zero-order chi connectivity index (χ0) is 14.3. The fourth-order valence-corrected chi connectivity index (χ4v) is 3.60. The first-order chi connectivity index (χ1) is 9.60. The first-order valence-electron chi connectivity index (χ1n) is 7.43. The van der Waals surface area contributed by atoms with Crippen LogP contribution in [0.4, 0.5) is 0 Å². The van der Waals surface area contributed by atoms with Gasteiger partial charge in [0, 0.05) is 31.2 Å². The number of hydrogen-bond acceptors (Lipinski definition) is 4. The molecule has 0 saturated carbocycles. The number of fused-ring (bicyclic) bond motifs is 1. The van der Waals surface area contributed by atoms with Gasteiger partial charge in [-0.15, -0.1) is 0 Å². The smallest absolute Gasteiger partial charge is 0.119 e. The molecule has 0 aromatic heterocycles. The molecular formula is C16H25N3O. The summed E-state index contributed by atoms with van der Waals surface area (Å²) in [6, 6.07) is 7.55. The summed E-state index contributed by atoms with van der Waals surface area (Å²) in [6.45, 7) is 2.29. The van der Waals surface area contributed by atoms with E-state index in [0.717, 1.165) is 25.3 Å². The van der Waals surface area contributed by atoms with Crippen LogP contribution in [-0.4, -0.2) is 56.2 Å². The quantitative estimate of drug-likeness (QED) is 0.901. The minimum absolute atomic E-state index is 0.112. The molecule has 0 radical (unpaired) electrons. The molecule has 1 aliphatic carbocycles. The Balaban J connectivity index is 1.75. The maximum absolute atomic E-state index is 6.50. The van der Waals surface area contributed by atoms with Crippen LogP contribution < -0.4 is 10.5 Å². The predicted molar refractivity (Wildman–Crippen MR) is 81.1 cm³/mol. The molecule has 4 nitrogen and oxygen atoms in total. The molecule has 1 aromatic carbocycles. The van der Waals surface area contributed by atoms with Crippen molar-refractivity contribution in [3.05, 3.63) is 29.3 Å². The first-order valence-corrected chi connectivity index (χ1v) is 7.43. The number of benzene rings is 1. The van der Waals surface area contributed by atoms with Crippen molar-refractivity contribution in [2.75, 3.05) is 34.3 Å². The van der Waals surface area contributed by atoms with Crippen LogP contribution in [0.5, 0.6) is 5.75 Å². The van der Waals surface area contributed by atoms with E-state index in [1.807, 2.05) is 6.07 Å². The molecule has 3 rings (SSSR count). The van der Waals surface area contributed by atoms with Crippen LogP contribution >= 0.6 is 0 Å². The van der Waals surface area contributed by atoms with Gasteiger partial charge in [-0.3, -0.25) is 4.90 Å². The Hall–Kier alpha value is -1.10. The summed E-state index contributed by atoms with van der Waals surface area (Å²) in [4.78, 5) is 4.90. The van der Waals surface area contributed by atoms with Gasteiger partial charge in [-0.1, -0.05) is 6.07 Å². The number of nitrogens with two attached hydrogens (primary N) is 1. The maximum atomic E-state index is 6.50. The molecule has 20 heavy (non-hydrogen) atoms. The van der Waals surface area contributed by atoms with Gasteiger partial charge < -0.3 is 15.4 Å². The first kappa shape index (κ1) is 13.9. The van der Waals surface area contributed by atoms with E-state index in [1.54, 1.807) is 7.11 Å². The van der Waals surface area contributed by atoms with Crippen LogP contribution in [0.25, 0.3) is 0 Å². The molecule has 0 spiro atoms. The van der Waals surface area contributed by atoms with E-state index in [4.69, 9.17) is 10.5 Å². The lowest BCUT2D eigenvalue weighted by Gasteiger charge is -2.28. The molecule has 3 unspecified atom stereocenters. The number of hydrogen-bond donors (Lipinski definition) is 1. The van der Waals surface area contributed by atoms with Crippen molar-refractivity contribution >= 4 is 0 Å². The molecule has 0 bridgehead atoms. The second-order valence-corrected chi connectivity index (χ2v) is 6.26. The van der Waals surface area contributed by atoms with E-state index in [9.17, 15) is 0 Å². The number of likely N-dealkylation sites (N-methyl/N-ethyl adjacent to an activating group) is 1. The van der Waals surface area contributed by atoms with Gasteiger partial charge in [0.25, 0.3) is 0 Å². The number of rotatable bonds is 3. The van der Waals surface area contributed by atoms with Crippen molar-refractivity contribution in [2.24, 2.45) is 5.73 Å². The van der Waals surface area contributed by atoms with E-state index in [2.05, 4.69) is 36.0 Å². The Morgan fingerprint density at radius 2 is 2.15 bits per heavy atom. The molecule has 1 fully saturated rings. The lowest BCUT2D eigenvalue weighted by Crippen LogP contribution is -2.41. The molecule has 110 valence electrons. The highest BCUT2D eigenvalue weighted by Gasteiger charge is 2.37. The van der Waals surface area contributed by atoms with Gasteiger partial charge >= 0.3 is 0 Å². The fraction of sp³-hybridized carbons (Fsp3) is 0.625. The number of nitrogens with zero attached hydrogens (tertiary/aromatic N) is 2. The fourth-order valence-electron chi connectivity index (χ4n) is 3.60. The molecule has 0 amide bonds. The van der Waals surface area contributed by atoms with Gasteiger partial charge in [-0.05, 0) is 50.2 Å². The van der Waals surface area contributed by atoms with Gasteiger partial charge in [0.1, 0.15) is 5.75 Å². The molecule has 4 heteroatoms. The van der Waals surface area contributed by atoms with Crippen LogP contribution in [0.1, 0.15) is 23.6 Å². The Labute approximate surface area is 121 Å². The monoisotopic (exact) mass is 275 g/mol. The SMILES string of the molecule is COc1ccc2c(c1)C(N)C(N1CCC(N(C)C)C1)C2. The molecular weight excluding hydrogens is 250 g/mol. The predicted octanol–water partition coefficient (Wildman–Crippen LogP) is 1.26. The summed E-state index contributed by atoms with van der Waals surface area (Å²) >= 11 is 0. The molecule has 1 aliphatic heterocycles. The Kier molecular flexibility index (Phi) is 3.71. The topological polar surface area (TPSA) is 41.7 Å². The third kappa shape index (κ3) is 2.32. The van der Waals surface area contributed by atoms with Crippen LogP contribution in [0.3, 0.4) is 0 Å². The van der Waals surface area contributed by atoms with E-state index in [-0.39, 0.29) is 6.04 Å². The zero-order valence-corrected chi connectivity index (χ0v) is 12.7.